The van der Waals surface area contributed by atoms with E-state index in [-0.39, 0.29) is 17.7 Å². The van der Waals surface area contributed by atoms with E-state index in [4.69, 9.17) is 6.42 Å². The van der Waals surface area contributed by atoms with Gasteiger partial charge in [-0.3, -0.25) is 14.0 Å². The lowest BCUT2D eigenvalue weighted by molar-refractivity contribution is 0.0810. The van der Waals surface area contributed by atoms with Crippen molar-refractivity contribution in [2.75, 3.05) is 13.6 Å². The number of amides is 1. The molecule has 0 spiro atoms. The Balaban J connectivity index is 2.18. The molecule has 6 heteroatoms. The summed E-state index contributed by atoms with van der Waals surface area (Å²) in [4.78, 5) is 31.2. The molecule has 0 radical (unpaired) electrons. The van der Waals surface area contributed by atoms with Crippen LogP contribution in [0, 0.1) is 12.3 Å². The molecular weight excluding hydrogens is 310 g/mol. The van der Waals surface area contributed by atoms with E-state index in [0.717, 1.165) is 11.3 Å². The molecule has 0 unspecified atom stereocenters. The molecule has 1 amide bonds. The van der Waals surface area contributed by atoms with Crippen molar-refractivity contribution in [1.82, 2.24) is 14.3 Å². The second-order valence-electron chi connectivity index (χ2n) is 4.95. The number of benzene rings is 1. The largest absolute Gasteiger partial charge is 0.330 e. The predicted octanol–water partition coefficient (Wildman–Crippen LogP) is 2.13. The van der Waals surface area contributed by atoms with Crippen LogP contribution in [0.5, 0.6) is 0 Å². The summed E-state index contributed by atoms with van der Waals surface area (Å²) in [6, 6.07) is 9.52. The van der Waals surface area contributed by atoms with Gasteiger partial charge in [-0.05, 0) is 5.56 Å². The Kier molecular flexibility index (Phi) is 3.96. The van der Waals surface area contributed by atoms with Crippen LogP contribution in [0.2, 0.25) is 0 Å². The van der Waals surface area contributed by atoms with E-state index >= 15 is 0 Å². The first-order chi connectivity index (χ1) is 11.1. The normalized spacial score (nSPS) is 10.4. The van der Waals surface area contributed by atoms with Crippen LogP contribution in [0.25, 0.3) is 16.2 Å². The number of hydrogen-bond acceptors (Lipinski definition) is 4. The number of hydrogen-bond donors (Lipinski definition) is 0. The number of aromatic nitrogens is 2. The molecule has 0 aliphatic carbocycles. The standard InChI is InChI=1S/C17H13N3O2S/c1-3-9-19(2)15(21)13-10-18-17-20(16(13)22)14(11-23-17)12-7-5-4-6-8-12/h1,4-8,10-11H,9H2,2H3. The van der Waals surface area contributed by atoms with E-state index in [1.807, 2.05) is 35.7 Å². The summed E-state index contributed by atoms with van der Waals surface area (Å²) >= 11 is 1.36. The van der Waals surface area contributed by atoms with Gasteiger partial charge in [-0.25, -0.2) is 4.98 Å². The van der Waals surface area contributed by atoms with E-state index in [1.54, 1.807) is 7.05 Å². The second kappa shape index (κ2) is 6.07. The van der Waals surface area contributed by atoms with Crippen molar-refractivity contribution in [3.8, 4) is 23.6 Å². The van der Waals surface area contributed by atoms with Gasteiger partial charge in [0.2, 0.25) is 0 Å². The Hall–Kier alpha value is -2.91. The van der Waals surface area contributed by atoms with Crippen molar-refractivity contribution in [3.05, 3.63) is 57.8 Å². The Morgan fingerprint density at radius 2 is 2.13 bits per heavy atom. The Labute approximate surface area is 136 Å². The lowest BCUT2D eigenvalue weighted by Crippen LogP contribution is -2.33. The fourth-order valence-electron chi connectivity index (χ4n) is 2.26. The van der Waals surface area contributed by atoms with Crippen LogP contribution in [0.1, 0.15) is 10.4 Å². The summed E-state index contributed by atoms with van der Waals surface area (Å²) in [6.07, 6.45) is 6.53. The van der Waals surface area contributed by atoms with Crippen molar-refractivity contribution < 1.29 is 4.79 Å². The third kappa shape index (κ3) is 2.62. The third-order valence-electron chi connectivity index (χ3n) is 3.42. The van der Waals surface area contributed by atoms with Gasteiger partial charge in [-0.1, -0.05) is 36.3 Å². The zero-order chi connectivity index (χ0) is 16.4. The van der Waals surface area contributed by atoms with E-state index in [2.05, 4.69) is 10.9 Å². The first kappa shape index (κ1) is 15.0. The predicted molar refractivity (Wildman–Crippen MR) is 90.6 cm³/mol. The van der Waals surface area contributed by atoms with Gasteiger partial charge in [0.05, 0.1) is 12.2 Å². The number of rotatable bonds is 3. The highest BCUT2D eigenvalue weighted by molar-refractivity contribution is 7.15. The molecule has 0 atom stereocenters. The van der Waals surface area contributed by atoms with Crippen LogP contribution < -0.4 is 5.56 Å². The summed E-state index contributed by atoms with van der Waals surface area (Å²) in [5.41, 5.74) is 1.24. The van der Waals surface area contributed by atoms with E-state index in [9.17, 15) is 9.59 Å². The van der Waals surface area contributed by atoms with Crippen LogP contribution in [-0.2, 0) is 0 Å². The quantitative estimate of drug-likeness (QED) is 0.694. The lowest BCUT2D eigenvalue weighted by atomic mass is 10.2. The van der Waals surface area contributed by atoms with Crippen LogP contribution in [0.3, 0.4) is 0 Å². The molecule has 23 heavy (non-hydrogen) atoms. The van der Waals surface area contributed by atoms with E-state index in [0.29, 0.717) is 4.96 Å². The van der Waals surface area contributed by atoms with Crippen LogP contribution in [0.4, 0.5) is 0 Å². The molecule has 0 N–H and O–H groups in total. The molecule has 2 heterocycles. The minimum Gasteiger partial charge on any atom is -0.330 e. The number of fused-ring (bicyclic) bond motifs is 1. The molecule has 1 aromatic carbocycles. The summed E-state index contributed by atoms with van der Waals surface area (Å²) in [6.45, 7) is 0.135. The highest BCUT2D eigenvalue weighted by atomic mass is 32.1. The van der Waals surface area contributed by atoms with Gasteiger partial charge >= 0.3 is 0 Å². The molecule has 0 aliphatic heterocycles. The topological polar surface area (TPSA) is 54.7 Å². The molecular formula is C17H13N3O2S. The molecule has 0 fully saturated rings. The molecule has 0 saturated carbocycles. The van der Waals surface area contributed by atoms with Crippen LogP contribution >= 0.6 is 11.3 Å². The van der Waals surface area contributed by atoms with Crippen molar-refractivity contribution in [2.45, 2.75) is 0 Å². The zero-order valence-corrected chi connectivity index (χ0v) is 13.2. The monoisotopic (exact) mass is 323 g/mol. The molecule has 114 valence electrons. The molecule has 5 nitrogen and oxygen atoms in total. The van der Waals surface area contributed by atoms with Gasteiger partial charge in [0.15, 0.2) is 4.96 Å². The fourth-order valence-corrected chi connectivity index (χ4v) is 3.12. The Morgan fingerprint density at radius 1 is 1.39 bits per heavy atom. The Bertz CT molecular complexity index is 967. The highest BCUT2D eigenvalue weighted by Crippen LogP contribution is 2.23. The van der Waals surface area contributed by atoms with Gasteiger partial charge in [0, 0.05) is 18.6 Å². The first-order valence-electron chi connectivity index (χ1n) is 6.87. The number of carbonyl (C=O) groups is 1. The molecule has 0 aliphatic rings. The van der Waals surface area contributed by atoms with Gasteiger partial charge in [-0.15, -0.1) is 17.8 Å². The van der Waals surface area contributed by atoms with E-state index < -0.39 is 5.91 Å². The minimum atomic E-state index is -0.430. The first-order valence-corrected chi connectivity index (χ1v) is 7.75. The van der Waals surface area contributed by atoms with Gasteiger partial charge in [-0.2, -0.15) is 0 Å². The molecule has 3 aromatic rings. The van der Waals surface area contributed by atoms with Gasteiger partial charge in [0.1, 0.15) is 5.56 Å². The van der Waals surface area contributed by atoms with Crippen molar-refractivity contribution in [1.29, 1.82) is 0 Å². The van der Waals surface area contributed by atoms with Crippen molar-refractivity contribution >= 4 is 22.2 Å². The SMILES string of the molecule is C#CCN(C)C(=O)c1cnc2scc(-c3ccccc3)n2c1=O. The molecule has 0 saturated heterocycles. The van der Waals surface area contributed by atoms with Crippen LogP contribution in [-0.4, -0.2) is 33.8 Å². The minimum absolute atomic E-state index is 0.0100. The lowest BCUT2D eigenvalue weighted by Gasteiger charge is -2.13. The van der Waals surface area contributed by atoms with Gasteiger partial charge in [0.25, 0.3) is 11.5 Å². The number of carbonyl (C=O) groups excluding carboxylic acids is 1. The number of nitrogens with zero attached hydrogens (tertiary/aromatic N) is 3. The molecule has 2 aromatic heterocycles. The summed E-state index contributed by atoms with van der Waals surface area (Å²) in [5, 5.41) is 1.86. The van der Waals surface area contributed by atoms with E-state index in [1.165, 1.54) is 26.8 Å². The number of terminal acetylenes is 1. The second-order valence-corrected chi connectivity index (χ2v) is 5.78. The average Bonchev–Trinajstić information content (AvgIpc) is 3.00. The maximum absolute atomic E-state index is 12.8. The summed E-state index contributed by atoms with van der Waals surface area (Å²) in [7, 11) is 1.56. The smallest absolute Gasteiger partial charge is 0.271 e. The van der Waals surface area contributed by atoms with Crippen molar-refractivity contribution in [3.63, 3.8) is 0 Å². The average molecular weight is 323 g/mol. The zero-order valence-electron chi connectivity index (χ0n) is 12.4. The Morgan fingerprint density at radius 3 is 2.83 bits per heavy atom. The highest BCUT2D eigenvalue weighted by Gasteiger charge is 2.19. The third-order valence-corrected chi connectivity index (χ3v) is 4.26. The molecule has 0 bridgehead atoms. The van der Waals surface area contributed by atoms with Gasteiger partial charge < -0.3 is 4.90 Å². The van der Waals surface area contributed by atoms with Crippen molar-refractivity contribution in [2.24, 2.45) is 0 Å². The van der Waals surface area contributed by atoms with Crippen LogP contribution in [0.15, 0.2) is 46.7 Å². The maximum atomic E-state index is 12.8. The molecule has 3 rings (SSSR count). The number of thiazole rings is 1. The maximum Gasteiger partial charge on any atom is 0.271 e. The summed E-state index contributed by atoms with van der Waals surface area (Å²) < 4.78 is 1.47. The fraction of sp³-hybridized carbons (Fsp3) is 0.118. The summed E-state index contributed by atoms with van der Waals surface area (Å²) in [5.74, 6) is 1.95.